The van der Waals surface area contributed by atoms with E-state index in [-0.39, 0.29) is 0 Å². The fraction of sp³-hybridized carbons (Fsp3) is 0.444. The molecule has 1 atom stereocenters. The Balaban J connectivity index is 1.46. The third-order valence-corrected chi connectivity index (χ3v) is 4.35. The van der Waals surface area contributed by atoms with Gasteiger partial charge in [-0.15, -0.1) is 0 Å². The van der Waals surface area contributed by atoms with Crippen molar-refractivity contribution in [2.24, 2.45) is 5.92 Å². The van der Waals surface area contributed by atoms with Crippen LogP contribution in [0.4, 0.5) is 13.2 Å². The summed E-state index contributed by atoms with van der Waals surface area (Å²) in [6.45, 7) is 1.81. The van der Waals surface area contributed by atoms with E-state index in [2.05, 4.69) is 35.6 Å². The number of hydrogen-bond donors (Lipinski definition) is 1. The highest BCUT2D eigenvalue weighted by molar-refractivity contribution is 5.82. The number of nitrogens with zero attached hydrogens (tertiary/aromatic N) is 1. The van der Waals surface area contributed by atoms with Crippen molar-refractivity contribution < 1.29 is 13.2 Å². The van der Waals surface area contributed by atoms with Gasteiger partial charge < -0.3 is 5.32 Å². The summed E-state index contributed by atoms with van der Waals surface area (Å²) >= 11 is 0. The zero-order valence-corrected chi connectivity index (χ0v) is 12.9. The van der Waals surface area contributed by atoms with Gasteiger partial charge >= 0.3 is 6.18 Å². The molecule has 2 aromatic carbocycles. The predicted molar refractivity (Wildman–Crippen MR) is 86.3 cm³/mol. The van der Waals surface area contributed by atoms with Crippen LogP contribution in [0.15, 0.2) is 42.5 Å². The van der Waals surface area contributed by atoms with E-state index in [0.717, 1.165) is 19.5 Å². The van der Waals surface area contributed by atoms with E-state index in [1.54, 1.807) is 0 Å². The lowest BCUT2D eigenvalue weighted by Crippen LogP contribution is -2.33. The highest BCUT2D eigenvalue weighted by atomic mass is 19.4. The zero-order chi connectivity index (χ0) is 16.3. The molecule has 1 heterocycles. The van der Waals surface area contributed by atoms with E-state index in [1.165, 1.54) is 21.2 Å². The molecule has 124 valence electrons. The minimum absolute atomic E-state index is 0.304. The fourth-order valence-electron chi connectivity index (χ4n) is 3.25. The quantitative estimate of drug-likeness (QED) is 0.900. The van der Waals surface area contributed by atoms with Crippen LogP contribution in [0.25, 0.3) is 10.8 Å². The Kier molecular flexibility index (Phi) is 4.87. The molecule has 3 rings (SSSR count). The molecule has 1 aliphatic rings. The first kappa shape index (κ1) is 16.3. The molecule has 2 aromatic rings. The molecule has 0 bridgehead atoms. The lowest BCUT2D eigenvalue weighted by molar-refractivity contribution is -0.143. The van der Waals surface area contributed by atoms with Gasteiger partial charge in [0.05, 0.1) is 6.54 Å². The zero-order valence-electron chi connectivity index (χ0n) is 12.9. The van der Waals surface area contributed by atoms with Crippen LogP contribution < -0.4 is 5.32 Å². The van der Waals surface area contributed by atoms with Gasteiger partial charge in [0.15, 0.2) is 0 Å². The van der Waals surface area contributed by atoms with Gasteiger partial charge in [-0.3, -0.25) is 4.90 Å². The smallest absolute Gasteiger partial charge is 0.312 e. The van der Waals surface area contributed by atoms with Crippen molar-refractivity contribution >= 4 is 10.8 Å². The summed E-state index contributed by atoms with van der Waals surface area (Å²) in [5.41, 5.74) is 1.20. The molecule has 5 heteroatoms. The molecule has 1 aliphatic heterocycles. The van der Waals surface area contributed by atoms with Crippen LogP contribution in [-0.2, 0) is 6.54 Å². The molecule has 1 unspecified atom stereocenters. The summed E-state index contributed by atoms with van der Waals surface area (Å²) < 4.78 is 37.1. The standard InChI is InChI=1S/C18H21F3N2/c19-18(20,21)13-23-8-7-15(12-23)11-22-10-14-5-6-16-3-1-2-4-17(16)9-14/h1-6,9,15,22H,7-8,10-13H2. The number of nitrogens with one attached hydrogen (secondary N) is 1. The monoisotopic (exact) mass is 322 g/mol. The number of halogens is 3. The highest BCUT2D eigenvalue weighted by Crippen LogP contribution is 2.22. The van der Waals surface area contributed by atoms with Crippen molar-refractivity contribution in [2.45, 2.75) is 19.1 Å². The Morgan fingerprint density at radius 3 is 2.65 bits per heavy atom. The number of likely N-dealkylation sites (tertiary alicyclic amines) is 1. The van der Waals surface area contributed by atoms with Gasteiger partial charge in [-0.2, -0.15) is 13.2 Å². The van der Waals surface area contributed by atoms with Gasteiger partial charge in [0, 0.05) is 13.1 Å². The van der Waals surface area contributed by atoms with Gasteiger partial charge in [-0.1, -0.05) is 36.4 Å². The number of fused-ring (bicyclic) bond motifs is 1. The van der Waals surface area contributed by atoms with Crippen LogP contribution in [0.5, 0.6) is 0 Å². The van der Waals surface area contributed by atoms with Crippen LogP contribution >= 0.6 is 0 Å². The highest BCUT2D eigenvalue weighted by Gasteiger charge is 2.34. The predicted octanol–water partition coefficient (Wildman–Crippen LogP) is 3.81. The first-order valence-corrected chi connectivity index (χ1v) is 7.97. The van der Waals surface area contributed by atoms with E-state index >= 15 is 0 Å². The fourth-order valence-corrected chi connectivity index (χ4v) is 3.25. The van der Waals surface area contributed by atoms with E-state index < -0.39 is 12.7 Å². The van der Waals surface area contributed by atoms with Crippen molar-refractivity contribution in [1.82, 2.24) is 10.2 Å². The summed E-state index contributed by atoms with van der Waals surface area (Å²) in [6, 6.07) is 14.6. The molecule has 0 saturated carbocycles. The van der Waals surface area contributed by atoms with Gasteiger partial charge in [-0.25, -0.2) is 0 Å². The van der Waals surface area contributed by atoms with Crippen molar-refractivity contribution in [3.05, 3.63) is 48.0 Å². The molecule has 1 N–H and O–H groups in total. The lowest BCUT2D eigenvalue weighted by Gasteiger charge is -2.18. The molecule has 0 spiro atoms. The summed E-state index contributed by atoms with van der Waals surface area (Å²) in [6.07, 6.45) is -3.26. The Hall–Kier alpha value is -1.59. The molecule has 2 nitrogen and oxygen atoms in total. The minimum atomic E-state index is -4.09. The van der Waals surface area contributed by atoms with Crippen LogP contribution in [0.2, 0.25) is 0 Å². The second-order valence-corrected chi connectivity index (χ2v) is 6.32. The molecule has 0 aliphatic carbocycles. The SMILES string of the molecule is FC(F)(F)CN1CCC(CNCc2ccc3ccccc3c2)C1. The number of rotatable bonds is 5. The Bertz CT molecular complexity index is 654. The molecular formula is C18H21F3N2. The third-order valence-electron chi connectivity index (χ3n) is 4.35. The number of hydrogen-bond acceptors (Lipinski definition) is 2. The molecule has 1 fully saturated rings. The average Bonchev–Trinajstić information content (AvgIpc) is 2.92. The summed E-state index contributed by atoms with van der Waals surface area (Å²) in [4.78, 5) is 1.50. The van der Waals surface area contributed by atoms with Crippen molar-refractivity contribution in [3.8, 4) is 0 Å². The maximum atomic E-state index is 12.4. The summed E-state index contributed by atoms with van der Waals surface area (Å²) in [5.74, 6) is 0.304. The largest absolute Gasteiger partial charge is 0.401 e. The maximum absolute atomic E-state index is 12.4. The van der Waals surface area contributed by atoms with Crippen LogP contribution in [0, 0.1) is 5.92 Å². The van der Waals surface area contributed by atoms with E-state index in [4.69, 9.17) is 0 Å². The van der Waals surface area contributed by atoms with Crippen LogP contribution in [0.3, 0.4) is 0 Å². The Morgan fingerprint density at radius 1 is 1.09 bits per heavy atom. The van der Waals surface area contributed by atoms with E-state index in [9.17, 15) is 13.2 Å². The van der Waals surface area contributed by atoms with Crippen molar-refractivity contribution in [1.29, 1.82) is 0 Å². The van der Waals surface area contributed by atoms with Crippen LogP contribution in [-0.4, -0.2) is 37.3 Å². The van der Waals surface area contributed by atoms with E-state index in [1.807, 2.05) is 12.1 Å². The summed E-state index contributed by atoms with van der Waals surface area (Å²) in [5, 5.41) is 5.81. The third kappa shape index (κ3) is 4.69. The summed E-state index contributed by atoms with van der Waals surface area (Å²) in [7, 11) is 0. The first-order valence-electron chi connectivity index (χ1n) is 7.97. The molecule has 1 saturated heterocycles. The minimum Gasteiger partial charge on any atom is -0.312 e. The van der Waals surface area contributed by atoms with Gasteiger partial charge in [0.25, 0.3) is 0 Å². The van der Waals surface area contributed by atoms with Crippen molar-refractivity contribution in [2.75, 3.05) is 26.2 Å². The molecule has 0 amide bonds. The molecular weight excluding hydrogens is 301 g/mol. The topological polar surface area (TPSA) is 15.3 Å². The molecule has 0 aromatic heterocycles. The van der Waals surface area contributed by atoms with Gasteiger partial charge in [-0.05, 0) is 47.8 Å². The van der Waals surface area contributed by atoms with E-state index in [0.29, 0.717) is 19.0 Å². The van der Waals surface area contributed by atoms with Crippen LogP contribution in [0.1, 0.15) is 12.0 Å². The Morgan fingerprint density at radius 2 is 1.87 bits per heavy atom. The normalized spacial score (nSPS) is 19.5. The number of alkyl halides is 3. The lowest BCUT2D eigenvalue weighted by atomic mass is 10.1. The second-order valence-electron chi connectivity index (χ2n) is 6.32. The molecule has 23 heavy (non-hydrogen) atoms. The van der Waals surface area contributed by atoms with Gasteiger partial charge in [0.1, 0.15) is 0 Å². The average molecular weight is 322 g/mol. The van der Waals surface area contributed by atoms with Gasteiger partial charge in [0.2, 0.25) is 0 Å². The van der Waals surface area contributed by atoms with Crippen molar-refractivity contribution in [3.63, 3.8) is 0 Å². The first-order chi connectivity index (χ1) is 11.0. The number of benzene rings is 2. The second kappa shape index (κ2) is 6.89. The Labute approximate surface area is 134 Å². The molecule has 0 radical (unpaired) electrons. The maximum Gasteiger partial charge on any atom is 0.401 e.